The van der Waals surface area contributed by atoms with Crippen LogP contribution in [0.5, 0.6) is 0 Å². The average Bonchev–Trinajstić information content (AvgIpc) is 3.04. The van der Waals surface area contributed by atoms with Crippen molar-refractivity contribution in [2.75, 3.05) is 31.6 Å². The van der Waals surface area contributed by atoms with E-state index in [1.165, 1.54) is 0 Å². The number of halogens is 1. The molecular formula is C15H18ClN5O3. The highest BCUT2D eigenvalue weighted by Gasteiger charge is 2.25. The molecule has 0 aliphatic carbocycles. The molecule has 0 bridgehead atoms. The van der Waals surface area contributed by atoms with E-state index in [0.29, 0.717) is 37.0 Å². The van der Waals surface area contributed by atoms with Gasteiger partial charge in [-0.3, -0.25) is 4.79 Å². The molecule has 3 heterocycles. The second kappa shape index (κ2) is 7.14. The molecule has 1 amide bonds. The number of carbonyl (C=O) groups excluding carboxylic acids is 1. The van der Waals surface area contributed by atoms with E-state index in [1.807, 2.05) is 13.8 Å². The number of nitrogens with zero attached hydrogens (tertiary/aromatic N) is 4. The van der Waals surface area contributed by atoms with Crippen molar-refractivity contribution in [2.45, 2.75) is 19.9 Å². The van der Waals surface area contributed by atoms with Crippen molar-refractivity contribution in [1.29, 1.82) is 0 Å². The molecule has 24 heavy (non-hydrogen) atoms. The van der Waals surface area contributed by atoms with Crippen molar-refractivity contribution in [1.82, 2.24) is 20.1 Å². The zero-order chi connectivity index (χ0) is 17.1. The first-order valence-electron chi connectivity index (χ1n) is 7.67. The Morgan fingerprint density at radius 2 is 2.08 bits per heavy atom. The summed E-state index contributed by atoms with van der Waals surface area (Å²) < 4.78 is 10.8. The molecule has 1 N–H and O–H groups in total. The number of pyridine rings is 1. The fraction of sp³-hybridized carbons (Fsp3) is 0.467. The van der Waals surface area contributed by atoms with Crippen molar-refractivity contribution >= 4 is 23.2 Å². The van der Waals surface area contributed by atoms with Crippen LogP contribution in [0.4, 0.5) is 5.69 Å². The van der Waals surface area contributed by atoms with Crippen LogP contribution in [0.2, 0.25) is 5.15 Å². The summed E-state index contributed by atoms with van der Waals surface area (Å²) >= 11 is 5.95. The minimum Gasteiger partial charge on any atom is -0.412 e. The van der Waals surface area contributed by atoms with E-state index in [0.717, 1.165) is 5.69 Å². The third kappa shape index (κ3) is 3.65. The van der Waals surface area contributed by atoms with Gasteiger partial charge >= 0.3 is 11.8 Å². The number of rotatable bonds is 4. The molecule has 1 saturated heterocycles. The molecular weight excluding hydrogens is 334 g/mol. The highest BCUT2D eigenvalue weighted by Crippen LogP contribution is 2.29. The number of hydrogen-bond donors (Lipinski definition) is 1. The number of anilines is 1. The molecule has 1 fully saturated rings. The average molecular weight is 352 g/mol. The maximum absolute atomic E-state index is 12.4. The number of hydrogen-bond acceptors (Lipinski definition) is 7. The molecule has 0 unspecified atom stereocenters. The van der Waals surface area contributed by atoms with E-state index < -0.39 is 0 Å². The molecule has 0 radical (unpaired) electrons. The van der Waals surface area contributed by atoms with Gasteiger partial charge in [-0.1, -0.05) is 11.6 Å². The fourth-order valence-electron chi connectivity index (χ4n) is 2.35. The van der Waals surface area contributed by atoms with Gasteiger partial charge in [0.1, 0.15) is 5.15 Å². The molecule has 0 saturated carbocycles. The fourth-order valence-corrected chi connectivity index (χ4v) is 2.51. The van der Waals surface area contributed by atoms with Gasteiger partial charge in [0.2, 0.25) is 0 Å². The van der Waals surface area contributed by atoms with Gasteiger partial charge in [-0.25, -0.2) is 4.98 Å². The van der Waals surface area contributed by atoms with Crippen LogP contribution < -0.4 is 5.32 Å². The Balaban J connectivity index is 1.86. The predicted molar refractivity (Wildman–Crippen MR) is 88.0 cm³/mol. The van der Waals surface area contributed by atoms with E-state index in [2.05, 4.69) is 20.5 Å². The Bertz CT molecular complexity index is 728. The van der Waals surface area contributed by atoms with E-state index in [-0.39, 0.29) is 23.7 Å². The largest absolute Gasteiger partial charge is 0.412 e. The normalized spacial score (nSPS) is 14.9. The van der Waals surface area contributed by atoms with E-state index in [9.17, 15) is 4.79 Å². The number of morpholine rings is 1. The molecule has 128 valence electrons. The number of aromatic nitrogens is 3. The van der Waals surface area contributed by atoms with Crippen molar-refractivity contribution in [3.63, 3.8) is 0 Å². The molecule has 1 aliphatic rings. The second-order valence-electron chi connectivity index (χ2n) is 5.67. The molecule has 1 aliphatic heterocycles. The maximum Gasteiger partial charge on any atom is 0.311 e. The first-order chi connectivity index (χ1) is 11.5. The SMILES string of the molecule is CC(C)Nc1cc(Cl)ncc1-c1nnc(C(=O)N2CCOCC2)o1. The van der Waals surface area contributed by atoms with Crippen molar-refractivity contribution in [3.05, 3.63) is 23.3 Å². The van der Waals surface area contributed by atoms with Crippen molar-refractivity contribution in [3.8, 4) is 11.5 Å². The number of nitrogens with one attached hydrogen (secondary N) is 1. The minimum atomic E-state index is -0.294. The van der Waals surface area contributed by atoms with Gasteiger partial charge in [0.25, 0.3) is 5.89 Å². The molecule has 0 atom stereocenters. The van der Waals surface area contributed by atoms with Gasteiger partial charge in [0, 0.05) is 25.3 Å². The first kappa shape index (κ1) is 16.7. The van der Waals surface area contributed by atoms with Gasteiger partial charge in [0.05, 0.1) is 24.5 Å². The summed E-state index contributed by atoms with van der Waals surface area (Å²) in [7, 11) is 0. The van der Waals surface area contributed by atoms with Gasteiger partial charge in [-0.05, 0) is 19.9 Å². The van der Waals surface area contributed by atoms with Gasteiger partial charge in [0.15, 0.2) is 0 Å². The van der Waals surface area contributed by atoms with Crippen LogP contribution in [0.15, 0.2) is 16.7 Å². The van der Waals surface area contributed by atoms with Gasteiger partial charge in [-0.15, -0.1) is 10.2 Å². The molecule has 2 aromatic heterocycles. The van der Waals surface area contributed by atoms with Crippen LogP contribution in [0.1, 0.15) is 24.5 Å². The number of carbonyl (C=O) groups is 1. The Morgan fingerprint density at radius 1 is 1.33 bits per heavy atom. The van der Waals surface area contributed by atoms with Crippen LogP contribution in [0.3, 0.4) is 0 Å². The molecule has 3 rings (SSSR count). The van der Waals surface area contributed by atoms with Gasteiger partial charge < -0.3 is 19.4 Å². The predicted octanol–water partition coefficient (Wildman–Crippen LogP) is 2.08. The Morgan fingerprint density at radius 3 is 2.79 bits per heavy atom. The highest BCUT2D eigenvalue weighted by molar-refractivity contribution is 6.29. The summed E-state index contributed by atoms with van der Waals surface area (Å²) in [6, 6.07) is 1.87. The summed E-state index contributed by atoms with van der Waals surface area (Å²) in [6.07, 6.45) is 1.55. The Hall–Kier alpha value is -2.19. The molecule has 0 spiro atoms. The third-order valence-corrected chi connectivity index (χ3v) is 3.66. The zero-order valence-electron chi connectivity index (χ0n) is 13.5. The van der Waals surface area contributed by atoms with Crippen molar-refractivity contribution < 1.29 is 13.9 Å². The molecule has 2 aromatic rings. The summed E-state index contributed by atoms with van der Waals surface area (Å²) in [4.78, 5) is 18.1. The summed E-state index contributed by atoms with van der Waals surface area (Å²) in [6.45, 7) is 6.05. The summed E-state index contributed by atoms with van der Waals surface area (Å²) in [5.74, 6) is -0.117. The maximum atomic E-state index is 12.4. The monoisotopic (exact) mass is 351 g/mol. The second-order valence-corrected chi connectivity index (χ2v) is 6.06. The van der Waals surface area contributed by atoms with Crippen LogP contribution >= 0.6 is 11.6 Å². The summed E-state index contributed by atoms with van der Waals surface area (Å²) in [5.41, 5.74) is 1.32. The topological polar surface area (TPSA) is 93.4 Å². The van der Waals surface area contributed by atoms with Crippen LogP contribution in [0, 0.1) is 0 Å². The minimum absolute atomic E-state index is 0.0441. The third-order valence-electron chi connectivity index (χ3n) is 3.45. The lowest BCUT2D eigenvalue weighted by Gasteiger charge is -2.25. The number of amides is 1. The van der Waals surface area contributed by atoms with E-state index >= 15 is 0 Å². The van der Waals surface area contributed by atoms with Crippen LogP contribution in [-0.4, -0.2) is 58.3 Å². The lowest BCUT2D eigenvalue weighted by atomic mass is 10.2. The highest BCUT2D eigenvalue weighted by atomic mass is 35.5. The number of ether oxygens (including phenoxy) is 1. The molecule has 8 nitrogen and oxygen atoms in total. The Kier molecular flexibility index (Phi) is 4.96. The molecule has 9 heteroatoms. The van der Waals surface area contributed by atoms with Crippen molar-refractivity contribution in [2.24, 2.45) is 0 Å². The lowest BCUT2D eigenvalue weighted by molar-refractivity contribution is 0.0278. The van der Waals surface area contributed by atoms with Crippen LogP contribution in [0.25, 0.3) is 11.5 Å². The molecule has 0 aromatic carbocycles. The standard InChI is InChI=1S/C15H18ClN5O3/c1-9(2)18-11-7-12(16)17-8-10(11)13-19-20-14(24-13)15(22)21-3-5-23-6-4-21/h7-9H,3-6H2,1-2H3,(H,17,18). The Labute approximate surface area is 144 Å². The zero-order valence-corrected chi connectivity index (χ0v) is 14.2. The quantitative estimate of drug-likeness (QED) is 0.843. The van der Waals surface area contributed by atoms with E-state index in [1.54, 1.807) is 17.2 Å². The van der Waals surface area contributed by atoms with Crippen LogP contribution in [-0.2, 0) is 4.74 Å². The van der Waals surface area contributed by atoms with Gasteiger partial charge in [-0.2, -0.15) is 0 Å². The summed E-state index contributed by atoms with van der Waals surface area (Å²) in [5, 5.41) is 11.5. The first-order valence-corrected chi connectivity index (χ1v) is 8.05. The lowest BCUT2D eigenvalue weighted by Crippen LogP contribution is -2.40. The van der Waals surface area contributed by atoms with E-state index in [4.69, 9.17) is 20.8 Å². The smallest absolute Gasteiger partial charge is 0.311 e.